The molecule has 0 unspecified atom stereocenters. The lowest BCUT2D eigenvalue weighted by molar-refractivity contribution is -0.123. The molecule has 1 fully saturated rings. The molecular weight excluding hydrogens is 242 g/mol. The number of nitrogens with zero attached hydrogens (tertiary/aromatic N) is 2. The van der Waals surface area contributed by atoms with Gasteiger partial charge in [-0.2, -0.15) is 5.26 Å². The molecule has 1 N–H and O–H groups in total. The number of morpholine rings is 1. The molecule has 5 heteroatoms. The van der Waals surface area contributed by atoms with Crippen LogP contribution in [0.25, 0.3) is 6.08 Å². The van der Waals surface area contributed by atoms with Crippen LogP contribution in [0.2, 0.25) is 0 Å². The summed E-state index contributed by atoms with van der Waals surface area (Å²) in [4.78, 5) is 12.0. The quantitative estimate of drug-likeness (QED) is 0.647. The fourth-order valence-electron chi connectivity index (χ4n) is 1.74. The van der Waals surface area contributed by atoms with Gasteiger partial charge >= 0.3 is 0 Å². The Morgan fingerprint density at radius 1 is 1.32 bits per heavy atom. The third-order valence-corrected chi connectivity index (χ3v) is 2.75. The highest BCUT2D eigenvalue weighted by atomic mass is 16.5. The van der Waals surface area contributed by atoms with Gasteiger partial charge in [-0.15, -0.1) is 0 Å². The van der Waals surface area contributed by atoms with Crippen molar-refractivity contribution in [3.8, 4) is 6.07 Å². The third kappa shape index (κ3) is 3.91. The number of nitriles is 1. The van der Waals surface area contributed by atoms with E-state index in [1.165, 1.54) is 0 Å². The molecule has 98 valence electrons. The van der Waals surface area contributed by atoms with Crippen molar-refractivity contribution in [1.82, 2.24) is 10.4 Å². The van der Waals surface area contributed by atoms with E-state index in [1.807, 2.05) is 36.4 Å². The maximum atomic E-state index is 12.0. The molecule has 2 rings (SSSR count). The highest BCUT2D eigenvalue weighted by Gasteiger charge is 2.15. The number of hydrazine groups is 1. The Bertz CT molecular complexity index is 499. The van der Waals surface area contributed by atoms with Crippen molar-refractivity contribution in [2.45, 2.75) is 0 Å². The minimum atomic E-state index is -0.381. The van der Waals surface area contributed by atoms with Gasteiger partial charge in [0, 0.05) is 13.1 Å². The van der Waals surface area contributed by atoms with Gasteiger partial charge in [0.2, 0.25) is 0 Å². The number of nitrogens with one attached hydrogen (secondary N) is 1. The summed E-state index contributed by atoms with van der Waals surface area (Å²) in [7, 11) is 0. The Balaban J connectivity index is 2.03. The molecule has 1 aliphatic rings. The second-order valence-electron chi connectivity index (χ2n) is 4.12. The summed E-state index contributed by atoms with van der Waals surface area (Å²) in [6, 6.07) is 11.2. The maximum absolute atomic E-state index is 12.0. The minimum Gasteiger partial charge on any atom is -0.379 e. The van der Waals surface area contributed by atoms with Crippen molar-refractivity contribution in [3.63, 3.8) is 0 Å². The molecule has 1 heterocycles. The van der Waals surface area contributed by atoms with Crippen LogP contribution in [0.1, 0.15) is 5.56 Å². The third-order valence-electron chi connectivity index (χ3n) is 2.75. The molecular formula is C14H15N3O2. The van der Waals surface area contributed by atoms with Crippen molar-refractivity contribution in [3.05, 3.63) is 41.5 Å². The van der Waals surface area contributed by atoms with Crippen LogP contribution in [0.3, 0.4) is 0 Å². The number of ether oxygens (including phenoxy) is 1. The van der Waals surface area contributed by atoms with Crippen LogP contribution in [0, 0.1) is 11.3 Å². The smallest absolute Gasteiger partial charge is 0.276 e. The Hall–Kier alpha value is -2.16. The zero-order valence-corrected chi connectivity index (χ0v) is 10.5. The molecule has 1 saturated heterocycles. The predicted molar refractivity (Wildman–Crippen MR) is 70.6 cm³/mol. The number of carbonyl (C=O) groups is 1. The number of rotatable bonds is 3. The summed E-state index contributed by atoms with van der Waals surface area (Å²) in [6.07, 6.45) is 1.58. The van der Waals surface area contributed by atoms with Gasteiger partial charge in [-0.05, 0) is 11.6 Å². The molecule has 0 bridgehead atoms. The van der Waals surface area contributed by atoms with Gasteiger partial charge in [-0.3, -0.25) is 10.2 Å². The topological polar surface area (TPSA) is 65.4 Å². The molecule has 0 saturated carbocycles. The lowest BCUT2D eigenvalue weighted by Crippen LogP contribution is -2.48. The van der Waals surface area contributed by atoms with Gasteiger partial charge in [0.25, 0.3) is 5.91 Å². The van der Waals surface area contributed by atoms with Crippen LogP contribution >= 0.6 is 0 Å². The molecule has 19 heavy (non-hydrogen) atoms. The second kappa shape index (κ2) is 6.69. The van der Waals surface area contributed by atoms with Crippen LogP contribution in [0.15, 0.2) is 35.9 Å². The summed E-state index contributed by atoms with van der Waals surface area (Å²) in [5.41, 5.74) is 3.64. The van der Waals surface area contributed by atoms with Crippen molar-refractivity contribution in [2.24, 2.45) is 0 Å². The SMILES string of the molecule is N#C/C(=C/c1ccccc1)C(=O)NN1CCOCC1. The first-order chi connectivity index (χ1) is 9.29. The van der Waals surface area contributed by atoms with Crippen LogP contribution in [0.4, 0.5) is 0 Å². The van der Waals surface area contributed by atoms with E-state index >= 15 is 0 Å². The Labute approximate surface area is 112 Å². The maximum Gasteiger partial charge on any atom is 0.276 e. The summed E-state index contributed by atoms with van der Waals surface area (Å²) in [5, 5.41) is 10.8. The first kappa shape index (κ1) is 13.3. The highest BCUT2D eigenvalue weighted by molar-refractivity contribution is 6.01. The lowest BCUT2D eigenvalue weighted by atomic mass is 10.1. The molecule has 0 aliphatic carbocycles. The van der Waals surface area contributed by atoms with E-state index < -0.39 is 0 Å². The molecule has 1 amide bonds. The standard InChI is InChI=1S/C14H15N3O2/c15-11-13(10-12-4-2-1-3-5-12)14(18)16-17-6-8-19-9-7-17/h1-5,10H,6-9H2,(H,16,18)/b13-10-. The van der Waals surface area contributed by atoms with Gasteiger partial charge < -0.3 is 4.74 Å². The molecule has 0 spiro atoms. The van der Waals surface area contributed by atoms with Crippen molar-refractivity contribution in [2.75, 3.05) is 26.3 Å². The highest BCUT2D eigenvalue weighted by Crippen LogP contribution is 2.06. The van der Waals surface area contributed by atoms with Crippen molar-refractivity contribution < 1.29 is 9.53 Å². The van der Waals surface area contributed by atoms with Gasteiger partial charge in [-0.1, -0.05) is 30.3 Å². The summed E-state index contributed by atoms with van der Waals surface area (Å²) in [6.45, 7) is 2.45. The normalized spacial score (nSPS) is 16.7. The molecule has 1 aliphatic heterocycles. The average Bonchev–Trinajstić information content (AvgIpc) is 2.47. The Morgan fingerprint density at radius 2 is 2.00 bits per heavy atom. The largest absolute Gasteiger partial charge is 0.379 e. The second-order valence-corrected chi connectivity index (χ2v) is 4.12. The number of hydrogen-bond acceptors (Lipinski definition) is 4. The van der Waals surface area contributed by atoms with Gasteiger partial charge in [0.05, 0.1) is 13.2 Å². The molecule has 0 aromatic heterocycles. The summed E-state index contributed by atoms with van der Waals surface area (Å²) >= 11 is 0. The van der Waals surface area contributed by atoms with Crippen LogP contribution in [-0.4, -0.2) is 37.2 Å². The van der Waals surface area contributed by atoms with E-state index in [1.54, 1.807) is 11.1 Å². The van der Waals surface area contributed by atoms with Crippen LogP contribution in [0.5, 0.6) is 0 Å². The molecule has 5 nitrogen and oxygen atoms in total. The zero-order valence-electron chi connectivity index (χ0n) is 10.5. The van der Waals surface area contributed by atoms with Crippen molar-refractivity contribution >= 4 is 12.0 Å². The van der Waals surface area contributed by atoms with E-state index in [0.717, 1.165) is 5.56 Å². The van der Waals surface area contributed by atoms with Gasteiger partial charge in [-0.25, -0.2) is 5.01 Å². The summed E-state index contributed by atoms with van der Waals surface area (Å²) < 4.78 is 5.19. The van der Waals surface area contributed by atoms with Gasteiger partial charge in [0.1, 0.15) is 11.6 Å². The first-order valence-corrected chi connectivity index (χ1v) is 6.10. The average molecular weight is 257 g/mol. The summed E-state index contributed by atoms with van der Waals surface area (Å²) in [5.74, 6) is -0.381. The minimum absolute atomic E-state index is 0.0951. The Morgan fingerprint density at radius 3 is 2.63 bits per heavy atom. The van der Waals surface area contributed by atoms with Gasteiger partial charge in [0.15, 0.2) is 0 Å². The monoisotopic (exact) mass is 257 g/mol. The molecule has 0 radical (unpaired) electrons. The van der Waals surface area contributed by atoms with Crippen LogP contribution in [-0.2, 0) is 9.53 Å². The lowest BCUT2D eigenvalue weighted by Gasteiger charge is -2.26. The zero-order chi connectivity index (χ0) is 13.5. The van der Waals surface area contributed by atoms with E-state index in [9.17, 15) is 4.79 Å². The number of amides is 1. The van der Waals surface area contributed by atoms with E-state index in [2.05, 4.69) is 5.43 Å². The van der Waals surface area contributed by atoms with E-state index in [0.29, 0.717) is 26.3 Å². The van der Waals surface area contributed by atoms with Crippen molar-refractivity contribution in [1.29, 1.82) is 5.26 Å². The predicted octanol–water partition coefficient (Wildman–Crippen LogP) is 0.957. The number of carbonyl (C=O) groups excluding carboxylic acids is 1. The Kier molecular flexibility index (Phi) is 4.67. The number of hydrogen-bond donors (Lipinski definition) is 1. The van der Waals surface area contributed by atoms with E-state index in [-0.39, 0.29) is 11.5 Å². The molecule has 0 atom stereocenters. The molecule has 1 aromatic rings. The molecule has 1 aromatic carbocycles. The first-order valence-electron chi connectivity index (χ1n) is 6.10. The fraction of sp³-hybridized carbons (Fsp3) is 0.286. The fourth-order valence-corrected chi connectivity index (χ4v) is 1.74. The number of benzene rings is 1. The van der Waals surface area contributed by atoms with Crippen LogP contribution < -0.4 is 5.43 Å². The van der Waals surface area contributed by atoms with E-state index in [4.69, 9.17) is 10.00 Å².